The highest BCUT2D eigenvalue weighted by atomic mass is 32.2. The van der Waals surface area contributed by atoms with Gasteiger partial charge in [-0.15, -0.1) is 0 Å². The first-order chi connectivity index (χ1) is 16.9. The van der Waals surface area contributed by atoms with Crippen LogP contribution in [-0.4, -0.2) is 50.7 Å². The summed E-state index contributed by atoms with van der Waals surface area (Å²) in [6.45, 7) is 5.24. The highest BCUT2D eigenvalue weighted by Crippen LogP contribution is 2.27. The molecular weight excluding hydrogens is 498 g/mol. The Morgan fingerprint density at radius 1 is 1.08 bits per heavy atom. The predicted molar refractivity (Wildman–Crippen MR) is 149 cm³/mol. The summed E-state index contributed by atoms with van der Waals surface area (Å²) in [5.74, 6) is 0.435. The summed E-state index contributed by atoms with van der Waals surface area (Å²) in [6.07, 6.45) is 4.93. The Balaban J connectivity index is 2.19. The average Bonchev–Trinajstić information content (AvgIpc) is 2.84. The Hall–Kier alpha value is -2.63. The third-order valence-corrected chi connectivity index (χ3v) is 9.21. The van der Waals surface area contributed by atoms with E-state index in [1.807, 2.05) is 0 Å². The zero-order valence-electron chi connectivity index (χ0n) is 21.5. The van der Waals surface area contributed by atoms with Crippen molar-refractivity contribution in [2.75, 3.05) is 47.1 Å². The summed E-state index contributed by atoms with van der Waals surface area (Å²) in [4.78, 5) is 13.6. The molecule has 0 unspecified atom stereocenters. The van der Waals surface area contributed by atoms with Gasteiger partial charge >= 0.3 is 0 Å². The molecule has 0 saturated carbocycles. The van der Waals surface area contributed by atoms with Crippen molar-refractivity contribution in [1.82, 2.24) is 0 Å². The fourth-order valence-electron chi connectivity index (χ4n) is 3.57. The lowest BCUT2D eigenvalue weighted by Crippen LogP contribution is -2.28. The largest absolute Gasteiger partial charge is 0.384 e. The van der Waals surface area contributed by atoms with Gasteiger partial charge in [-0.05, 0) is 54.8 Å². The van der Waals surface area contributed by atoms with Crippen LogP contribution in [0.3, 0.4) is 0 Å². The zero-order chi connectivity index (χ0) is 26.9. The van der Waals surface area contributed by atoms with Crippen molar-refractivity contribution in [1.29, 1.82) is 4.78 Å². The number of nitrogens with one attached hydrogen (secondary N) is 3. The van der Waals surface area contributed by atoms with Crippen LogP contribution in [0.2, 0.25) is 0 Å². The van der Waals surface area contributed by atoms with Crippen LogP contribution in [0.25, 0.3) is 0 Å². The highest BCUT2D eigenvalue weighted by Gasteiger charge is 2.21. The van der Waals surface area contributed by atoms with Gasteiger partial charge in [0.15, 0.2) is 0 Å². The van der Waals surface area contributed by atoms with E-state index < -0.39 is 25.7 Å². The number of anilines is 3. The van der Waals surface area contributed by atoms with Crippen LogP contribution in [0.15, 0.2) is 47.4 Å². The monoisotopic (exact) mass is 537 g/mol. The molecule has 36 heavy (non-hydrogen) atoms. The first kappa shape index (κ1) is 29.6. The first-order valence-corrected chi connectivity index (χ1v) is 15.7. The summed E-state index contributed by atoms with van der Waals surface area (Å²) in [7, 11) is -5.12. The normalized spacial score (nSPS) is 14.0. The molecule has 2 rings (SSSR count). The van der Waals surface area contributed by atoms with E-state index in [1.165, 1.54) is 7.05 Å². The minimum absolute atomic E-state index is 0.166. The van der Waals surface area contributed by atoms with Gasteiger partial charge in [-0.25, -0.2) is 17.4 Å². The summed E-state index contributed by atoms with van der Waals surface area (Å²) in [5, 5.41) is 5.86. The van der Waals surface area contributed by atoms with Gasteiger partial charge < -0.3 is 16.4 Å². The number of carbonyl (C=O) groups excluding carboxylic acids is 1. The first-order valence-electron chi connectivity index (χ1n) is 12.1. The second-order valence-electron chi connectivity index (χ2n) is 9.04. The molecule has 9 nitrogen and oxygen atoms in total. The summed E-state index contributed by atoms with van der Waals surface area (Å²) >= 11 is 0. The molecule has 0 fully saturated rings. The van der Waals surface area contributed by atoms with Gasteiger partial charge in [-0.3, -0.25) is 9.10 Å². The number of hydrogen-bond acceptors (Lipinski definition) is 7. The number of sulfonamides is 1. The molecule has 2 aromatic carbocycles. The van der Waals surface area contributed by atoms with Crippen LogP contribution in [0.1, 0.15) is 49.9 Å². The standard InChI is InChI=1S/C25H39N5O4S2/c1-5-19(2)8-6-7-17-36(27,34)22-12-9-20(10-13-22)29-25(31)23-18-21(28-16-15-26)11-14-24(23)30(3)35(4,32)33/h9-14,18-19,27-28H,5-8,15-17,26H2,1-4H3,(H,29,31)/t19-,36+/m1/s1. The Bertz CT molecular complexity index is 1230. The van der Waals surface area contributed by atoms with Crippen molar-refractivity contribution in [3.63, 3.8) is 0 Å². The van der Waals surface area contributed by atoms with Crippen LogP contribution in [-0.2, 0) is 19.8 Å². The van der Waals surface area contributed by atoms with Gasteiger partial charge in [0.25, 0.3) is 5.91 Å². The molecule has 2 aromatic rings. The van der Waals surface area contributed by atoms with E-state index in [0.29, 0.717) is 41.0 Å². The van der Waals surface area contributed by atoms with Crippen LogP contribution in [0, 0.1) is 10.7 Å². The molecule has 0 aliphatic carbocycles. The lowest BCUT2D eigenvalue weighted by Gasteiger charge is -2.21. The van der Waals surface area contributed by atoms with E-state index in [1.54, 1.807) is 42.5 Å². The molecule has 5 N–H and O–H groups in total. The summed E-state index contributed by atoms with van der Waals surface area (Å²) in [6, 6.07) is 11.2. The van der Waals surface area contributed by atoms with Gasteiger partial charge in [-0.1, -0.05) is 33.1 Å². The number of nitrogens with zero attached hydrogens (tertiary/aromatic N) is 1. The second kappa shape index (κ2) is 13.1. The van der Waals surface area contributed by atoms with E-state index >= 15 is 0 Å². The maximum absolute atomic E-state index is 13.1. The molecule has 0 bridgehead atoms. The fraction of sp³-hybridized carbons (Fsp3) is 0.480. The molecule has 0 aliphatic heterocycles. The van der Waals surface area contributed by atoms with Gasteiger partial charge in [0.2, 0.25) is 10.0 Å². The number of amides is 1. The molecule has 200 valence electrons. The lowest BCUT2D eigenvalue weighted by atomic mass is 10.0. The Morgan fingerprint density at radius 2 is 1.72 bits per heavy atom. The van der Waals surface area contributed by atoms with Crippen LogP contribution >= 0.6 is 0 Å². The van der Waals surface area contributed by atoms with E-state index in [0.717, 1.165) is 36.2 Å². The Labute approximate surface area is 215 Å². The van der Waals surface area contributed by atoms with E-state index in [4.69, 9.17) is 10.5 Å². The molecular formula is C25H39N5O4S2. The van der Waals surface area contributed by atoms with Gasteiger partial charge in [0.1, 0.15) is 0 Å². The van der Waals surface area contributed by atoms with Crippen molar-refractivity contribution >= 4 is 42.7 Å². The predicted octanol–water partition coefficient (Wildman–Crippen LogP) is 4.33. The number of rotatable bonds is 14. The maximum atomic E-state index is 13.1. The molecule has 0 radical (unpaired) electrons. The van der Waals surface area contributed by atoms with E-state index in [2.05, 4.69) is 24.5 Å². The average molecular weight is 538 g/mol. The molecule has 0 aromatic heterocycles. The van der Waals surface area contributed by atoms with Crippen molar-refractivity contribution in [2.24, 2.45) is 11.7 Å². The number of benzene rings is 2. The maximum Gasteiger partial charge on any atom is 0.257 e. The molecule has 0 spiro atoms. The third kappa shape index (κ3) is 8.49. The molecule has 1 amide bonds. The minimum Gasteiger partial charge on any atom is -0.384 e. The SMILES string of the molecule is CC[C@@H](C)CCCC[S@](=N)(=O)c1ccc(NC(=O)c2cc(NCCN)ccc2N(C)S(C)(=O)=O)cc1. The van der Waals surface area contributed by atoms with E-state index in [-0.39, 0.29) is 11.3 Å². The highest BCUT2D eigenvalue weighted by molar-refractivity contribution is 7.92. The van der Waals surface area contributed by atoms with Crippen LogP contribution in [0.4, 0.5) is 17.1 Å². The Kier molecular flexibility index (Phi) is 10.7. The third-order valence-electron chi connectivity index (χ3n) is 6.12. The lowest BCUT2D eigenvalue weighted by molar-refractivity contribution is 0.102. The van der Waals surface area contributed by atoms with Gasteiger partial charge in [-0.2, -0.15) is 0 Å². The smallest absolute Gasteiger partial charge is 0.257 e. The van der Waals surface area contributed by atoms with Crippen molar-refractivity contribution in [2.45, 2.75) is 44.4 Å². The zero-order valence-corrected chi connectivity index (χ0v) is 23.2. The number of unbranched alkanes of at least 4 members (excludes halogenated alkanes) is 1. The molecule has 0 saturated heterocycles. The molecule has 0 aliphatic rings. The van der Waals surface area contributed by atoms with E-state index in [9.17, 15) is 17.4 Å². The van der Waals surface area contributed by atoms with Crippen LogP contribution < -0.4 is 20.7 Å². The molecule has 11 heteroatoms. The van der Waals surface area contributed by atoms with Crippen LogP contribution in [0.5, 0.6) is 0 Å². The number of carbonyl (C=O) groups is 1. The summed E-state index contributed by atoms with van der Waals surface area (Å²) in [5.41, 5.74) is 7.02. The summed E-state index contributed by atoms with van der Waals surface area (Å²) < 4.78 is 46.5. The van der Waals surface area contributed by atoms with Crippen molar-refractivity contribution in [3.05, 3.63) is 48.0 Å². The van der Waals surface area contributed by atoms with Crippen molar-refractivity contribution in [3.8, 4) is 0 Å². The molecule has 0 heterocycles. The van der Waals surface area contributed by atoms with Crippen molar-refractivity contribution < 1.29 is 17.4 Å². The second-order valence-corrected chi connectivity index (χ2v) is 13.3. The fourth-order valence-corrected chi connectivity index (χ4v) is 5.51. The molecule has 2 atom stereocenters. The van der Waals surface area contributed by atoms with Gasteiger partial charge in [0.05, 0.1) is 27.2 Å². The topological polar surface area (TPSA) is 145 Å². The number of nitrogens with two attached hydrogens (primary N) is 1. The number of hydrogen-bond donors (Lipinski definition) is 4. The Morgan fingerprint density at radius 3 is 2.31 bits per heavy atom. The minimum atomic E-state index is -3.59. The quantitative estimate of drug-likeness (QED) is 0.264. The van der Waals surface area contributed by atoms with Gasteiger partial charge in [0, 0.05) is 42.2 Å².